The number of rotatable bonds is 2. The maximum atomic E-state index is 11.3. The first kappa shape index (κ1) is 14.4. The van der Waals surface area contributed by atoms with Gasteiger partial charge in [0.15, 0.2) is 5.17 Å². The fraction of sp³-hybridized carbons (Fsp3) is 0.833. The van der Waals surface area contributed by atoms with Crippen molar-refractivity contribution in [1.29, 1.82) is 0 Å². The van der Waals surface area contributed by atoms with E-state index < -0.39 is 5.54 Å². The second-order valence-electron chi connectivity index (χ2n) is 6.07. The average Bonchev–Trinajstić information content (AvgIpc) is 2.15. The van der Waals surface area contributed by atoms with Gasteiger partial charge < -0.3 is 11.1 Å². The van der Waals surface area contributed by atoms with Gasteiger partial charge in [-0.2, -0.15) is 0 Å². The van der Waals surface area contributed by atoms with E-state index in [0.29, 0.717) is 6.04 Å². The number of nitrogens with one attached hydrogen (secondary N) is 1. The van der Waals surface area contributed by atoms with E-state index in [1.54, 1.807) is 25.6 Å². The van der Waals surface area contributed by atoms with Crippen LogP contribution in [0.3, 0.4) is 0 Å². The number of aliphatic imine (C=N–C) groups is 1. The van der Waals surface area contributed by atoms with Crippen LogP contribution < -0.4 is 11.1 Å². The number of nitrogens with two attached hydrogens (primary N) is 1. The van der Waals surface area contributed by atoms with Crippen LogP contribution in [-0.2, 0) is 4.79 Å². The molecule has 0 radical (unpaired) electrons. The summed E-state index contributed by atoms with van der Waals surface area (Å²) >= 11 is 1.66. The quantitative estimate of drug-likeness (QED) is 0.792. The van der Waals surface area contributed by atoms with Crippen molar-refractivity contribution in [3.63, 3.8) is 0 Å². The number of amides is 1. The molecule has 0 aromatic carbocycles. The first-order valence-electron chi connectivity index (χ1n) is 5.91. The number of hydrogen-bond acceptors (Lipinski definition) is 4. The summed E-state index contributed by atoms with van der Waals surface area (Å²) in [5.41, 5.74) is 4.76. The van der Waals surface area contributed by atoms with Gasteiger partial charge in [-0.05, 0) is 25.7 Å². The molecule has 0 spiro atoms. The molecule has 0 saturated carbocycles. The number of thioether (sulfide) groups is 1. The molecule has 1 amide bonds. The average molecular weight is 257 g/mol. The summed E-state index contributed by atoms with van der Waals surface area (Å²) in [7, 11) is 0. The normalized spacial score (nSPS) is 21.9. The van der Waals surface area contributed by atoms with E-state index in [4.69, 9.17) is 5.73 Å². The molecule has 1 rings (SSSR count). The van der Waals surface area contributed by atoms with Gasteiger partial charge in [0.05, 0.1) is 6.04 Å². The van der Waals surface area contributed by atoms with Crippen LogP contribution in [0.5, 0.6) is 0 Å². The Morgan fingerprint density at radius 2 is 2.00 bits per heavy atom. The fourth-order valence-corrected chi connectivity index (χ4v) is 2.60. The van der Waals surface area contributed by atoms with Crippen LogP contribution in [0, 0.1) is 5.41 Å². The fourth-order valence-electron chi connectivity index (χ4n) is 1.53. The van der Waals surface area contributed by atoms with Gasteiger partial charge in [-0.1, -0.05) is 32.5 Å². The molecular formula is C12H23N3OS. The monoisotopic (exact) mass is 257 g/mol. The molecule has 0 aromatic heterocycles. The van der Waals surface area contributed by atoms with Crippen LogP contribution in [0.25, 0.3) is 0 Å². The standard InChI is InChI=1S/C12H23N3OS/c1-11(2,3)8-6-7-17-10(14-8)15-12(4,5)9(13)16/h8H,6-7H2,1-5H3,(H2,13,16)(H,14,15). The van der Waals surface area contributed by atoms with Gasteiger partial charge >= 0.3 is 0 Å². The Hall–Kier alpha value is -0.710. The predicted molar refractivity (Wildman–Crippen MR) is 74.2 cm³/mol. The van der Waals surface area contributed by atoms with E-state index in [1.165, 1.54) is 0 Å². The second kappa shape index (κ2) is 4.88. The third kappa shape index (κ3) is 3.91. The molecule has 1 unspecified atom stereocenters. The summed E-state index contributed by atoms with van der Waals surface area (Å²) in [5, 5.41) is 3.97. The highest BCUT2D eigenvalue weighted by Crippen LogP contribution is 2.30. The number of carbonyl (C=O) groups excluding carboxylic acids is 1. The SMILES string of the molecule is CC(C)(NC1=NC(C(C)(C)C)CCS1)C(N)=O. The molecule has 17 heavy (non-hydrogen) atoms. The molecule has 1 aliphatic heterocycles. The Kier molecular flexibility index (Phi) is 4.12. The van der Waals surface area contributed by atoms with Gasteiger partial charge in [0.2, 0.25) is 5.91 Å². The number of carbonyl (C=O) groups is 1. The zero-order valence-corrected chi connectivity index (χ0v) is 12.1. The molecule has 4 nitrogen and oxygen atoms in total. The summed E-state index contributed by atoms with van der Waals surface area (Å²) in [5.74, 6) is 0.668. The van der Waals surface area contributed by atoms with Gasteiger partial charge in [-0.15, -0.1) is 0 Å². The van der Waals surface area contributed by atoms with Gasteiger partial charge in [-0.3, -0.25) is 9.79 Å². The third-order valence-corrected chi connectivity index (χ3v) is 3.86. The van der Waals surface area contributed by atoms with Gasteiger partial charge in [0.25, 0.3) is 0 Å². The van der Waals surface area contributed by atoms with Crippen LogP contribution in [0.1, 0.15) is 41.0 Å². The highest BCUT2D eigenvalue weighted by molar-refractivity contribution is 8.13. The van der Waals surface area contributed by atoms with Crippen molar-refractivity contribution in [1.82, 2.24) is 5.32 Å². The van der Waals surface area contributed by atoms with E-state index >= 15 is 0 Å². The maximum Gasteiger partial charge on any atom is 0.242 e. The third-order valence-electron chi connectivity index (χ3n) is 2.94. The van der Waals surface area contributed by atoms with Crippen LogP contribution in [0.4, 0.5) is 0 Å². The van der Waals surface area contributed by atoms with Crippen LogP contribution in [0.2, 0.25) is 0 Å². The van der Waals surface area contributed by atoms with Gasteiger partial charge in [0.1, 0.15) is 5.54 Å². The second-order valence-corrected chi connectivity index (χ2v) is 7.15. The zero-order valence-electron chi connectivity index (χ0n) is 11.3. The van der Waals surface area contributed by atoms with E-state index in [2.05, 4.69) is 31.1 Å². The highest BCUT2D eigenvalue weighted by Gasteiger charge is 2.31. The van der Waals surface area contributed by atoms with Crippen molar-refractivity contribution >= 4 is 22.8 Å². The first-order valence-corrected chi connectivity index (χ1v) is 6.90. The van der Waals surface area contributed by atoms with Crippen molar-refractivity contribution in [2.24, 2.45) is 16.1 Å². The van der Waals surface area contributed by atoms with E-state index in [9.17, 15) is 4.79 Å². The molecule has 3 N–H and O–H groups in total. The van der Waals surface area contributed by atoms with Crippen molar-refractivity contribution in [3.8, 4) is 0 Å². The Bertz CT molecular complexity index is 331. The Morgan fingerprint density at radius 3 is 2.47 bits per heavy atom. The lowest BCUT2D eigenvalue weighted by molar-refractivity contribution is -0.122. The van der Waals surface area contributed by atoms with E-state index in [0.717, 1.165) is 17.3 Å². The maximum absolute atomic E-state index is 11.3. The number of nitrogens with zero attached hydrogens (tertiary/aromatic N) is 1. The summed E-state index contributed by atoms with van der Waals surface area (Å²) in [6.07, 6.45) is 1.08. The highest BCUT2D eigenvalue weighted by atomic mass is 32.2. The van der Waals surface area contributed by atoms with Crippen LogP contribution in [0.15, 0.2) is 4.99 Å². The van der Waals surface area contributed by atoms with Gasteiger partial charge in [0, 0.05) is 5.75 Å². The topological polar surface area (TPSA) is 67.5 Å². The van der Waals surface area contributed by atoms with Crippen LogP contribution >= 0.6 is 11.8 Å². The number of primary amides is 1. The minimum Gasteiger partial charge on any atom is -0.368 e. The lowest BCUT2D eigenvalue weighted by Gasteiger charge is -2.33. The van der Waals surface area contributed by atoms with Crippen molar-refractivity contribution < 1.29 is 4.79 Å². The predicted octanol–water partition coefficient (Wildman–Crippen LogP) is 1.75. The molecule has 1 aliphatic rings. The molecule has 1 heterocycles. The zero-order chi connectivity index (χ0) is 13.3. The summed E-state index contributed by atoms with van der Waals surface area (Å²) in [4.78, 5) is 15.9. The largest absolute Gasteiger partial charge is 0.368 e. The Morgan fingerprint density at radius 1 is 1.41 bits per heavy atom. The molecule has 0 saturated heterocycles. The minimum atomic E-state index is -0.744. The summed E-state index contributed by atoms with van der Waals surface area (Å²) in [6, 6.07) is 0.301. The molecule has 0 fully saturated rings. The first-order chi connectivity index (χ1) is 7.63. The lowest BCUT2D eigenvalue weighted by Crippen LogP contribution is -2.53. The number of amidine groups is 1. The lowest BCUT2D eigenvalue weighted by atomic mass is 9.85. The smallest absolute Gasteiger partial charge is 0.242 e. The van der Waals surface area contributed by atoms with Crippen molar-refractivity contribution in [3.05, 3.63) is 0 Å². The molecule has 98 valence electrons. The molecule has 0 bridgehead atoms. The minimum absolute atomic E-state index is 0.158. The van der Waals surface area contributed by atoms with E-state index in [1.807, 2.05) is 0 Å². The molecule has 1 atom stereocenters. The molecular weight excluding hydrogens is 234 g/mol. The molecule has 0 aromatic rings. The van der Waals surface area contributed by atoms with Crippen molar-refractivity contribution in [2.75, 3.05) is 5.75 Å². The van der Waals surface area contributed by atoms with E-state index in [-0.39, 0.29) is 11.3 Å². The summed E-state index contributed by atoms with van der Waals surface area (Å²) in [6.45, 7) is 10.1. The summed E-state index contributed by atoms with van der Waals surface area (Å²) < 4.78 is 0. The van der Waals surface area contributed by atoms with Crippen LogP contribution in [-0.4, -0.2) is 28.4 Å². The van der Waals surface area contributed by atoms with Crippen molar-refractivity contribution in [2.45, 2.75) is 52.6 Å². The number of hydrogen-bond donors (Lipinski definition) is 2. The Labute approximate surface area is 108 Å². The van der Waals surface area contributed by atoms with Gasteiger partial charge in [-0.25, -0.2) is 0 Å². The molecule has 5 heteroatoms. The molecule has 0 aliphatic carbocycles. The Balaban J connectivity index is 2.78.